The highest BCUT2D eigenvalue weighted by atomic mass is 32.2. The lowest BCUT2D eigenvalue weighted by atomic mass is 10.3. The number of carbonyl (C=O) groups is 1. The smallest absolute Gasteiger partial charge is 0.272 e. The van der Waals surface area contributed by atoms with Gasteiger partial charge in [-0.25, -0.2) is 4.98 Å². The molecule has 9 heteroatoms. The first-order valence-corrected chi connectivity index (χ1v) is 11.6. The molecule has 0 atom stereocenters. The molecule has 3 heterocycles. The predicted octanol–water partition coefficient (Wildman–Crippen LogP) is 2.23. The van der Waals surface area contributed by atoms with Crippen LogP contribution in [0.4, 0.5) is 0 Å². The zero-order chi connectivity index (χ0) is 20.2. The van der Waals surface area contributed by atoms with E-state index in [1.807, 2.05) is 31.2 Å². The molecular weight excluding hydrogens is 410 g/mol. The number of benzene rings is 1. The van der Waals surface area contributed by atoms with Gasteiger partial charge in [-0.3, -0.25) is 14.2 Å². The molecule has 0 unspecified atom stereocenters. The van der Waals surface area contributed by atoms with E-state index in [-0.39, 0.29) is 17.2 Å². The molecule has 1 aromatic heterocycles. The van der Waals surface area contributed by atoms with Crippen LogP contribution in [-0.2, 0) is 16.0 Å². The quantitative estimate of drug-likeness (QED) is 0.511. The van der Waals surface area contributed by atoms with Crippen molar-refractivity contribution in [2.45, 2.75) is 23.4 Å². The number of rotatable bonds is 6. The van der Waals surface area contributed by atoms with E-state index in [0.717, 1.165) is 29.3 Å². The van der Waals surface area contributed by atoms with Crippen molar-refractivity contribution in [2.24, 2.45) is 0 Å². The lowest BCUT2D eigenvalue weighted by Gasteiger charge is -2.26. The van der Waals surface area contributed by atoms with E-state index >= 15 is 0 Å². The summed E-state index contributed by atoms with van der Waals surface area (Å²) in [4.78, 5) is 33.0. The Morgan fingerprint density at radius 2 is 2.03 bits per heavy atom. The van der Waals surface area contributed by atoms with E-state index < -0.39 is 0 Å². The Kier molecular flexibility index (Phi) is 6.46. The van der Waals surface area contributed by atoms with Gasteiger partial charge in [-0.1, -0.05) is 11.8 Å². The molecule has 0 bridgehead atoms. The Morgan fingerprint density at radius 3 is 2.76 bits per heavy atom. The minimum absolute atomic E-state index is 0.0423. The first-order valence-electron chi connectivity index (χ1n) is 9.67. The number of amides is 1. The first-order chi connectivity index (χ1) is 14.2. The van der Waals surface area contributed by atoms with E-state index in [2.05, 4.69) is 0 Å². The number of morpholine rings is 1. The Hall–Kier alpha value is -1.97. The van der Waals surface area contributed by atoms with Crippen LogP contribution in [0.1, 0.15) is 12.6 Å². The van der Waals surface area contributed by atoms with Crippen molar-refractivity contribution >= 4 is 29.4 Å². The molecule has 0 spiro atoms. The maximum absolute atomic E-state index is 13.2. The van der Waals surface area contributed by atoms with Crippen molar-refractivity contribution in [3.8, 4) is 11.4 Å². The predicted molar refractivity (Wildman–Crippen MR) is 114 cm³/mol. The monoisotopic (exact) mass is 433 g/mol. The van der Waals surface area contributed by atoms with Gasteiger partial charge in [-0.05, 0) is 31.2 Å². The Labute approximate surface area is 177 Å². The molecule has 2 aliphatic heterocycles. The second-order valence-corrected chi connectivity index (χ2v) is 8.67. The Balaban J connectivity index is 1.62. The fraction of sp³-hybridized carbons (Fsp3) is 0.450. The fourth-order valence-electron chi connectivity index (χ4n) is 3.31. The molecule has 1 aromatic carbocycles. The minimum Gasteiger partial charge on any atom is -0.494 e. The van der Waals surface area contributed by atoms with Crippen molar-refractivity contribution in [3.63, 3.8) is 0 Å². The summed E-state index contributed by atoms with van der Waals surface area (Å²) in [7, 11) is 0. The van der Waals surface area contributed by atoms with Gasteiger partial charge in [0.1, 0.15) is 5.75 Å². The van der Waals surface area contributed by atoms with Crippen LogP contribution in [0.3, 0.4) is 0 Å². The van der Waals surface area contributed by atoms with E-state index in [1.54, 1.807) is 21.2 Å². The van der Waals surface area contributed by atoms with Crippen LogP contribution in [-0.4, -0.2) is 64.8 Å². The lowest BCUT2D eigenvalue weighted by Crippen LogP contribution is -2.41. The molecule has 0 aliphatic carbocycles. The average Bonchev–Trinajstić information content (AvgIpc) is 3.23. The van der Waals surface area contributed by atoms with Gasteiger partial charge >= 0.3 is 0 Å². The van der Waals surface area contributed by atoms with Crippen molar-refractivity contribution < 1.29 is 14.3 Å². The normalized spacial score (nSPS) is 16.0. The summed E-state index contributed by atoms with van der Waals surface area (Å²) >= 11 is 2.87. The first kappa shape index (κ1) is 20.3. The summed E-state index contributed by atoms with van der Waals surface area (Å²) in [6.45, 7) is 4.88. The highest BCUT2D eigenvalue weighted by Gasteiger charge is 2.24. The number of aryl methyl sites for hydroxylation is 1. The second kappa shape index (κ2) is 9.23. The zero-order valence-corrected chi connectivity index (χ0v) is 17.9. The van der Waals surface area contributed by atoms with Crippen LogP contribution in [0.5, 0.6) is 5.75 Å². The van der Waals surface area contributed by atoms with Gasteiger partial charge in [0.2, 0.25) is 5.91 Å². The number of hydrogen-bond donors (Lipinski definition) is 0. The molecule has 2 aliphatic rings. The third-order valence-corrected chi connectivity index (χ3v) is 6.79. The van der Waals surface area contributed by atoms with Gasteiger partial charge in [-0.2, -0.15) is 0 Å². The molecule has 1 saturated heterocycles. The highest BCUT2D eigenvalue weighted by Crippen LogP contribution is 2.30. The van der Waals surface area contributed by atoms with Crippen LogP contribution in [0.25, 0.3) is 5.69 Å². The van der Waals surface area contributed by atoms with Crippen molar-refractivity contribution in [2.75, 3.05) is 44.4 Å². The average molecular weight is 434 g/mol. The third kappa shape index (κ3) is 4.46. The third-order valence-electron chi connectivity index (χ3n) is 4.76. The molecule has 154 valence electrons. The molecule has 4 rings (SSSR count). The van der Waals surface area contributed by atoms with E-state index in [0.29, 0.717) is 43.0 Å². The van der Waals surface area contributed by atoms with Crippen molar-refractivity contribution in [3.05, 3.63) is 40.3 Å². The van der Waals surface area contributed by atoms with E-state index in [4.69, 9.17) is 14.5 Å². The van der Waals surface area contributed by atoms with Crippen LogP contribution >= 0.6 is 23.5 Å². The van der Waals surface area contributed by atoms with Gasteiger partial charge in [-0.15, -0.1) is 11.8 Å². The molecule has 0 radical (unpaired) electrons. The number of fused-ring (bicyclic) bond motifs is 1. The summed E-state index contributed by atoms with van der Waals surface area (Å²) in [6, 6.07) is 7.40. The second-order valence-electron chi connectivity index (χ2n) is 6.62. The Morgan fingerprint density at radius 1 is 1.28 bits per heavy atom. The molecule has 0 N–H and O–H groups in total. The van der Waals surface area contributed by atoms with Gasteiger partial charge in [0.25, 0.3) is 5.56 Å². The standard InChI is InChI=1S/C20H23N3O4S2/c1-2-27-15-5-3-14(4-6-15)23-19(25)18-16(7-12-28-18)21-20(23)29-13-17(24)22-8-10-26-11-9-22/h3-6H,2,7-13H2,1H3. The molecule has 2 aromatic rings. The SMILES string of the molecule is CCOc1ccc(-n2c(SCC(=O)N3CCOCC3)nc3c(c2=O)SCC3)cc1. The summed E-state index contributed by atoms with van der Waals surface area (Å²) in [5.41, 5.74) is 1.49. The maximum atomic E-state index is 13.2. The van der Waals surface area contributed by atoms with Crippen molar-refractivity contribution in [1.82, 2.24) is 14.5 Å². The van der Waals surface area contributed by atoms with Gasteiger partial charge in [0, 0.05) is 25.3 Å². The van der Waals surface area contributed by atoms with E-state index in [9.17, 15) is 9.59 Å². The van der Waals surface area contributed by atoms with Gasteiger partial charge in [0.05, 0.1) is 41.9 Å². The fourth-order valence-corrected chi connectivity index (χ4v) is 5.26. The molecule has 1 amide bonds. The molecular formula is C20H23N3O4S2. The minimum atomic E-state index is -0.0667. The summed E-state index contributed by atoms with van der Waals surface area (Å²) in [6.07, 6.45) is 0.782. The number of nitrogens with zero attached hydrogens (tertiary/aromatic N) is 3. The highest BCUT2D eigenvalue weighted by molar-refractivity contribution is 8.00. The van der Waals surface area contributed by atoms with Crippen LogP contribution in [0.15, 0.2) is 39.1 Å². The molecule has 7 nitrogen and oxygen atoms in total. The molecule has 0 saturated carbocycles. The topological polar surface area (TPSA) is 73.7 Å². The molecule has 29 heavy (non-hydrogen) atoms. The largest absolute Gasteiger partial charge is 0.494 e. The van der Waals surface area contributed by atoms with Gasteiger partial charge in [0.15, 0.2) is 5.16 Å². The maximum Gasteiger partial charge on any atom is 0.272 e. The summed E-state index contributed by atoms with van der Waals surface area (Å²) < 4.78 is 12.4. The lowest BCUT2D eigenvalue weighted by molar-refractivity contribution is -0.132. The molecule has 1 fully saturated rings. The zero-order valence-electron chi connectivity index (χ0n) is 16.3. The van der Waals surface area contributed by atoms with Crippen LogP contribution in [0, 0.1) is 0 Å². The summed E-state index contributed by atoms with van der Waals surface area (Å²) in [5.74, 6) is 1.90. The van der Waals surface area contributed by atoms with Gasteiger partial charge < -0.3 is 14.4 Å². The number of hydrogen-bond acceptors (Lipinski definition) is 7. The van der Waals surface area contributed by atoms with Crippen molar-refractivity contribution in [1.29, 1.82) is 0 Å². The van der Waals surface area contributed by atoms with E-state index in [1.165, 1.54) is 11.8 Å². The number of aromatic nitrogens is 2. The summed E-state index contributed by atoms with van der Waals surface area (Å²) in [5, 5.41) is 0.557. The number of ether oxygens (including phenoxy) is 2. The van der Waals surface area contributed by atoms with Crippen LogP contribution in [0.2, 0.25) is 0 Å². The number of carbonyl (C=O) groups excluding carboxylic acids is 1. The van der Waals surface area contributed by atoms with Crippen LogP contribution < -0.4 is 10.3 Å². The number of thioether (sulfide) groups is 2. The Bertz CT molecular complexity index is 940.